The summed E-state index contributed by atoms with van der Waals surface area (Å²) in [5, 5.41) is 0. The van der Waals surface area contributed by atoms with E-state index in [1.54, 1.807) is 0 Å². The number of piperazine rings is 1. The van der Waals surface area contributed by atoms with Gasteiger partial charge in [0.2, 0.25) is 0 Å². The van der Waals surface area contributed by atoms with Crippen LogP contribution in [0.4, 0.5) is 5.69 Å². The van der Waals surface area contributed by atoms with Crippen LogP contribution in [0.1, 0.15) is 45.2 Å². The molecule has 0 bridgehead atoms. The van der Waals surface area contributed by atoms with E-state index < -0.39 is 0 Å². The standard InChI is InChI=1S/C17H29N3/c1-4-14(3)19-10-12-20(13-11-19)17-9-7-6-8-15(17)16(18)5-2/h6-9,14,16H,4-5,10-13,18H2,1-3H3/t14?,16-/m1/s1. The van der Waals surface area contributed by atoms with E-state index in [4.69, 9.17) is 5.73 Å². The highest BCUT2D eigenvalue weighted by Gasteiger charge is 2.22. The van der Waals surface area contributed by atoms with Gasteiger partial charge in [-0.1, -0.05) is 32.0 Å². The van der Waals surface area contributed by atoms with E-state index in [1.807, 2.05) is 0 Å². The van der Waals surface area contributed by atoms with Gasteiger partial charge < -0.3 is 10.6 Å². The van der Waals surface area contributed by atoms with Gasteiger partial charge in [0.05, 0.1) is 0 Å². The van der Waals surface area contributed by atoms with Crippen LogP contribution in [0.25, 0.3) is 0 Å². The summed E-state index contributed by atoms with van der Waals surface area (Å²) in [7, 11) is 0. The van der Waals surface area contributed by atoms with Gasteiger partial charge in [-0.25, -0.2) is 0 Å². The molecule has 112 valence electrons. The number of nitrogens with two attached hydrogens (primary N) is 1. The maximum absolute atomic E-state index is 6.26. The third-order valence-corrected chi connectivity index (χ3v) is 4.65. The fourth-order valence-corrected chi connectivity index (χ4v) is 2.97. The Balaban J connectivity index is 2.07. The Bertz CT molecular complexity index is 410. The number of rotatable bonds is 5. The van der Waals surface area contributed by atoms with Crippen LogP contribution < -0.4 is 10.6 Å². The first-order valence-corrected chi connectivity index (χ1v) is 8.00. The van der Waals surface area contributed by atoms with E-state index in [1.165, 1.54) is 17.7 Å². The zero-order valence-corrected chi connectivity index (χ0v) is 13.2. The van der Waals surface area contributed by atoms with Gasteiger partial charge in [0, 0.05) is 44.0 Å². The minimum Gasteiger partial charge on any atom is -0.369 e. The number of benzene rings is 1. The summed E-state index contributed by atoms with van der Waals surface area (Å²) in [6.07, 6.45) is 2.22. The van der Waals surface area contributed by atoms with Gasteiger partial charge in [0.25, 0.3) is 0 Å². The predicted molar refractivity (Wildman–Crippen MR) is 87.2 cm³/mol. The van der Waals surface area contributed by atoms with Gasteiger partial charge in [0.15, 0.2) is 0 Å². The molecule has 2 rings (SSSR count). The molecule has 2 atom stereocenters. The van der Waals surface area contributed by atoms with E-state index in [-0.39, 0.29) is 6.04 Å². The molecule has 2 N–H and O–H groups in total. The highest BCUT2D eigenvalue weighted by Crippen LogP contribution is 2.27. The van der Waals surface area contributed by atoms with Crippen LogP contribution in [0.5, 0.6) is 0 Å². The van der Waals surface area contributed by atoms with Crippen molar-refractivity contribution < 1.29 is 0 Å². The maximum Gasteiger partial charge on any atom is 0.0415 e. The molecule has 3 heteroatoms. The zero-order valence-electron chi connectivity index (χ0n) is 13.2. The molecule has 1 fully saturated rings. The Morgan fingerprint density at radius 3 is 2.30 bits per heavy atom. The largest absolute Gasteiger partial charge is 0.369 e. The van der Waals surface area contributed by atoms with E-state index in [2.05, 4.69) is 54.8 Å². The third-order valence-electron chi connectivity index (χ3n) is 4.65. The van der Waals surface area contributed by atoms with Gasteiger partial charge >= 0.3 is 0 Å². The summed E-state index contributed by atoms with van der Waals surface area (Å²) in [6.45, 7) is 11.3. The summed E-state index contributed by atoms with van der Waals surface area (Å²) >= 11 is 0. The molecular weight excluding hydrogens is 246 g/mol. The molecule has 1 aliphatic rings. The molecule has 20 heavy (non-hydrogen) atoms. The maximum atomic E-state index is 6.26. The van der Waals surface area contributed by atoms with Crippen LogP contribution >= 0.6 is 0 Å². The highest BCUT2D eigenvalue weighted by atomic mass is 15.3. The van der Waals surface area contributed by atoms with Gasteiger partial charge in [-0.2, -0.15) is 0 Å². The Morgan fingerprint density at radius 1 is 1.05 bits per heavy atom. The average Bonchev–Trinajstić information content (AvgIpc) is 2.53. The number of para-hydroxylation sites is 1. The second-order valence-electron chi connectivity index (χ2n) is 5.85. The van der Waals surface area contributed by atoms with Crippen molar-refractivity contribution in [2.45, 2.75) is 45.7 Å². The first kappa shape index (κ1) is 15.3. The molecule has 3 nitrogen and oxygen atoms in total. The fourth-order valence-electron chi connectivity index (χ4n) is 2.97. The van der Waals surface area contributed by atoms with Gasteiger partial charge in [-0.3, -0.25) is 4.90 Å². The Kier molecular flexibility index (Phi) is 5.44. The molecule has 1 heterocycles. The number of nitrogens with zero attached hydrogens (tertiary/aromatic N) is 2. The predicted octanol–water partition coefficient (Wildman–Crippen LogP) is 3.02. The number of anilines is 1. The molecule has 1 aromatic rings. The first-order chi connectivity index (χ1) is 9.67. The molecule has 0 aliphatic carbocycles. The van der Waals surface area contributed by atoms with Crippen molar-refractivity contribution in [3.05, 3.63) is 29.8 Å². The highest BCUT2D eigenvalue weighted by molar-refractivity contribution is 5.55. The lowest BCUT2D eigenvalue weighted by atomic mass is 10.0. The molecule has 1 aromatic carbocycles. The van der Waals surface area contributed by atoms with Crippen molar-refractivity contribution in [2.24, 2.45) is 5.73 Å². The molecular formula is C17H29N3. The first-order valence-electron chi connectivity index (χ1n) is 8.00. The summed E-state index contributed by atoms with van der Waals surface area (Å²) in [5.74, 6) is 0. The van der Waals surface area contributed by atoms with Crippen LogP contribution in [0.15, 0.2) is 24.3 Å². The zero-order chi connectivity index (χ0) is 14.5. The number of hydrogen-bond donors (Lipinski definition) is 1. The smallest absolute Gasteiger partial charge is 0.0415 e. The van der Waals surface area contributed by atoms with Crippen molar-refractivity contribution in [3.8, 4) is 0 Å². The summed E-state index contributed by atoms with van der Waals surface area (Å²) in [4.78, 5) is 5.10. The molecule has 0 aromatic heterocycles. The second-order valence-corrected chi connectivity index (χ2v) is 5.85. The van der Waals surface area contributed by atoms with Gasteiger partial charge in [-0.15, -0.1) is 0 Å². The normalized spacial score (nSPS) is 19.9. The van der Waals surface area contributed by atoms with Crippen molar-refractivity contribution in [1.82, 2.24) is 4.90 Å². The SMILES string of the molecule is CCC(C)N1CCN(c2ccccc2[C@H](N)CC)CC1. The molecule has 0 radical (unpaired) electrons. The molecule has 1 saturated heterocycles. The van der Waals surface area contributed by atoms with Crippen molar-refractivity contribution in [1.29, 1.82) is 0 Å². The topological polar surface area (TPSA) is 32.5 Å². The van der Waals surface area contributed by atoms with Crippen LogP contribution in [0.2, 0.25) is 0 Å². The molecule has 0 amide bonds. The lowest BCUT2D eigenvalue weighted by molar-refractivity contribution is 0.192. The van der Waals surface area contributed by atoms with E-state index in [9.17, 15) is 0 Å². The summed E-state index contributed by atoms with van der Waals surface area (Å²) in [5.41, 5.74) is 8.90. The molecule has 0 spiro atoms. The van der Waals surface area contributed by atoms with E-state index in [0.717, 1.165) is 32.6 Å². The van der Waals surface area contributed by atoms with Gasteiger partial charge in [-0.05, 0) is 31.4 Å². The van der Waals surface area contributed by atoms with Crippen molar-refractivity contribution >= 4 is 5.69 Å². The molecule has 1 unspecified atom stereocenters. The molecule has 1 aliphatic heterocycles. The van der Waals surface area contributed by atoms with E-state index >= 15 is 0 Å². The summed E-state index contributed by atoms with van der Waals surface area (Å²) < 4.78 is 0. The van der Waals surface area contributed by atoms with Crippen molar-refractivity contribution in [3.63, 3.8) is 0 Å². The quantitative estimate of drug-likeness (QED) is 0.896. The lowest BCUT2D eigenvalue weighted by Gasteiger charge is -2.40. The van der Waals surface area contributed by atoms with E-state index in [0.29, 0.717) is 6.04 Å². The second kappa shape index (κ2) is 7.09. The summed E-state index contributed by atoms with van der Waals surface area (Å²) in [6, 6.07) is 9.49. The fraction of sp³-hybridized carbons (Fsp3) is 0.647. The Morgan fingerprint density at radius 2 is 1.70 bits per heavy atom. The van der Waals surface area contributed by atoms with Crippen LogP contribution in [0, 0.1) is 0 Å². The number of hydrogen-bond acceptors (Lipinski definition) is 3. The lowest BCUT2D eigenvalue weighted by Crippen LogP contribution is -2.49. The monoisotopic (exact) mass is 275 g/mol. The van der Waals surface area contributed by atoms with Crippen LogP contribution in [-0.4, -0.2) is 37.1 Å². The Labute approximate surface area is 123 Å². The minimum absolute atomic E-state index is 0.152. The van der Waals surface area contributed by atoms with Crippen LogP contribution in [-0.2, 0) is 0 Å². The average molecular weight is 275 g/mol. The minimum atomic E-state index is 0.152. The van der Waals surface area contributed by atoms with Gasteiger partial charge in [0.1, 0.15) is 0 Å². The van der Waals surface area contributed by atoms with Crippen LogP contribution in [0.3, 0.4) is 0 Å². The Hall–Kier alpha value is -1.06. The molecule has 0 saturated carbocycles. The van der Waals surface area contributed by atoms with Crippen molar-refractivity contribution in [2.75, 3.05) is 31.1 Å². The third kappa shape index (κ3) is 3.33.